The highest BCUT2D eigenvalue weighted by atomic mass is 19.3. The fraction of sp³-hybridized carbons (Fsp3) is 0.333. The van der Waals surface area contributed by atoms with Crippen LogP contribution in [0.15, 0.2) is 6.07 Å². The number of aromatic nitrogens is 1. The van der Waals surface area contributed by atoms with Gasteiger partial charge in [-0.15, -0.1) is 0 Å². The highest BCUT2D eigenvalue weighted by Gasteiger charge is 2.31. The number of methoxy groups -OCH3 is 2. The number of carbonyl (C=O) groups is 1. The van der Waals surface area contributed by atoms with Gasteiger partial charge >= 0.3 is 11.7 Å². The van der Waals surface area contributed by atoms with Gasteiger partial charge in [-0.25, -0.2) is 18.6 Å². The molecule has 1 rings (SSSR count). The zero-order valence-electron chi connectivity index (χ0n) is 9.35. The molecule has 0 fully saturated rings. The van der Waals surface area contributed by atoms with Gasteiger partial charge in [-0.3, -0.25) is 10.1 Å². The van der Waals surface area contributed by atoms with Gasteiger partial charge in [-0.05, 0) is 0 Å². The number of esters is 1. The molecule has 0 unspecified atom stereocenters. The number of alkyl halides is 2. The number of hydrogen-bond acceptors (Lipinski definition) is 6. The maximum Gasteiger partial charge on any atom is 0.364 e. The van der Waals surface area contributed by atoms with Crippen LogP contribution < -0.4 is 4.74 Å². The maximum atomic E-state index is 12.5. The smallest absolute Gasteiger partial charge is 0.364 e. The first-order chi connectivity index (χ1) is 8.42. The molecular formula is C9H8F2N2O5. The first-order valence-corrected chi connectivity index (χ1v) is 4.52. The molecule has 0 spiro atoms. The van der Waals surface area contributed by atoms with Crippen molar-refractivity contribution in [2.24, 2.45) is 0 Å². The van der Waals surface area contributed by atoms with E-state index in [0.29, 0.717) is 6.07 Å². The van der Waals surface area contributed by atoms with Gasteiger partial charge in [0.1, 0.15) is 5.69 Å². The van der Waals surface area contributed by atoms with E-state index in [9.17, 15) is 23.7 Å². The van der Waals surface area contributed by atoms with Crippen LogP contribution in [0.25, 0.3) is 0 Å². The lowest BCUT2D eigenvalue weighted by atomic mass is 10.2. The molecule has 0 amide bonds. The highest BCUT2D eigenvalue weighted by molar-refractivity contribution is 5.93. The Kier molecular flexibility index (Phi) is 4.08. The third-order valence-corrected chi connectivity index (χ3v) is 1.98. The monoisotopic (exact) mass is 262 g/mol. The lowest BCUT2D eigenvalue weighted by Crippen LogP contribution is -2.11. The van der Waals surface area contributed by atoms with E-state index in [1.54, 1.807) is 0 Å². The van der Waals surface area contributed by atoms with E-state index >= 15 is 0 Å². The second-order valence-electron chi connectivity index (χ2n) is 3.00. The summed E-state index contributed by atoms with van der Waals surface area (Å²) in [7, 11) is 2.01. The molecule has 1 aromatic rings. The molecule has 98 valence electrons. The molecule has 0 atom stereocenters. The largest absolute Gasteiger partial charge is 0.490 e. The SMILES string of the molecule is COC(=O)c1nc(C(F)F)cc(OC)c1[N+](=O)[O-]. The molecule has 7 nitrogen and oxygen atoms in total. The van der Waals surface area contributed by atoms with Crippen molar-refractivity contribution in [1.29, 1.82) is 0 Å². The van der Waals surface area contributed by atoms with Gasteiger partial charge in [0.05, 0.1) is 19.1 Å². The number of rotatable bonds is 4. The van der Waals surface area contributed by atoms with Crippen LogP contribution in [0, 0.1) is 10.1 Å². The molecule has 0 saturated heterocycles. The zero-order chi connectivity index (χ0) is 13.9. The summed E-state index contributed by atoms with van der Waals surface area (Å²) in [6.07, 6.45) is -3.00. The third-order valence-electron chi connectivity index (χ3n) is 1.98. The molecule has 18 heavy (non-hydrogen) atoms. The van der Waals surface area contributed by atoms with E-state index in [1.807, 2.05) is 0 Å². The number of ether oxygens (including phenoxy) is 2. The first-order valence-electron chi connectivity index (χ1n) is 4.52. The zero-order valence-corrected chi connectivity index (χ0v) is 9.35. The summed E-state index contributed by atoms with van der Waals surface area (Å²) in [6.45, 7) is 0. The molecular weight excluding hydrogens is 254 g/mol. The Morgan fingerprint density at radius 2 is 2.11 bits per heavy atom. The summed E-state index contributed by atoms with van der Waals surface area (Å²) < 4.78 is 33.9. The summed E-state index contributed by atoms with van der Waals surface area (Å²) in [5, 5.41) is 10.8. The van der Waals surface area contributed by atoms with Crippen molar-refractivity contribution in [3.05, 3.63) is 27.6 Å². The molecule has 0 saturated carbocycles. The predicted molar refractivity (Wildman–Crippen MR) is 53.7 cm³/mol. The topological polar surface area (TPSA) is 91.6 Å². The van der Waals surface area contributed by atoms with Gasteiger partial charge in [0, 0.05) is 6.07 Å². The maximum absolute atomic E-state index is 12.5. The number of hydrogen-bond donors (Lipinski definition) is 0. The van der Waals surface area contributed by atoms with Crippen molar-refractivity contribution in [3.63, 3.8) is 0 Å². The van der Waals surface area contributed by atoms with Gasteiger partial charge in [0.25, 0.3) is 6.43 Å². The standard InChI is InChI=1S/C9H8F2N2O5/c1-17-5-3-4(8(10)11)12-6(9(14)18-2)7(5)13(15)16/h3,8H,1-2H3. The molecule has 0 aromatic carbocycles. The fourth-order valence-corrected chi connectivity index (χ4v) is 1.22. The lowest BCUT2D eigenvalue weighted by molar-refractivity contribution is -0.386. The normalized spacial score (nSPS) is 10.3. The first kappa shape index (κ1) is 13.7. The molecule has 0 aliphatic heterocycles. The molecule has 9 heteroatoms. The van der Waals surface area contributed by atoms with Gasteiger partial charge in [0.15, 0.2) is 0 Å². The van der Waals surface area contributed by atoms with Crippen LogP contribution in [-0.2, 0) is 4.74 Å². The van der Waals surface area contributed by atoms with Gasteiger partial charge < -0.3 is 9.47 Å². The number of nitrogens with zero attached hydrogens (tertiary/aromatic N) is 2. The molecule has 0 aliphatic carbocycles. The molecule has 0 bridgehead atoms. The molecule has 1 heterocycles. The summed E-state index contributed by atoms with van der Waals surface area (Å²) in [4.78, 5) is 24.4. The number of pyridine rings is 1. The Morgan fingerprint density at radius 3 is 2.50 bits per heavy atom. The number of halogens is 2. The summed E-state index contributed by atoms with van der Waals surface area (Å²) in [6, 6.07) is 0.704. The van der Waals surface area contributed by atoms with E-state index in [0.717, 1.165) is 14.2 Å². The van der Waals surface area contributed by atoms with Crippen molar-refractivity contribution < 1.29 is 28.0 Å². The molecule has 0 N–H and O–H groups in total. The Morgan fingerprint density at radius 1 is 1.50 bits per heavy atom. The minimum absolute atomic E-state index is 0.481. The number of nitro groups is 1. The Balaban J connectivity index is 3.56. The quantitative estimate of drug-likeness (QED) is 0.466. The van der Waals surface area contributed by atoms with Crippen LogP contribution in [0.4, 0.5) is 14.5 Å². The Bertz CT molecular complexity index is 492. The van der Waals surface area contributed by atoms with Gasteiger partial charge in [0.2, 0.25) is 11.4 Å². The van der Waals surface area contributed by atoms with Crippen LogP contribution in [0.1, 0.15) is 22.6 Å². The molecule has 1 aromatic heterocycles. The highest BCUT2D eigenvalue weighted by Crippen LogP contribution is 2.33. The minimum atomic E-state index is -3.00. The summed E-state index contributed by atoms with van der Waals surface area (Å²) >= 11 is 0. The Hall–Kier alpha value is -2.32. The average molecular weight is 262 g/mol. The van der Waals surface area contributed by atoms with E-state index < -0.39 is 40.1 Å². The van der Waals surface area contributed by atoms with Crippen LogP contribution in [0.2, 0.25) is 0 Å². The van der Waals surface area contributed by atoms with Crippen molar-refractivity contribution in [2.75, 3.05) is 14.2 Å². The van der Waals surface area contributed by atoms with Crippen molar-refractivity contribution in [3.8, 4) is 5.75 Å². The van der Waals surface area contributed by atoms with E-state index in [4.69, 9.17) is 0 Å². The van der Waals surface area contributed by atoms with Crippen molar-refractivity contribution >= 4 is 11.7 Å². The second-order valence-corrected chi connectivity index (χ2v) is 3.00. The second kappa shape index (κ2) is 5.34. The van der Waals surface area contributed by atoms with Crippen LogP contribution in [0.3, 0.4) is 0 Å². The van der Waals surface area contributed by atoms with Crippen LogP contribution in [0.5, 0.6) is 5.75 Å². The minimum Gasteiger partial charge on any atom is -0.490 e. The van der Waals surface area contributed by atoms with E-state index in [1.165, 1.54) is 0 Å². The summed E-state index contributed by atoms with van der Waals surface area (Å²) in [5.41, 5.74) is -2.44. The van der Waals surface area contributed by atoms with Gasteiger partial charge in [-0.2, -0.15) is 0 Å². The average Bonchev–Trinajstić information content (AvgIpc) is 2.35. The van der Waals surface area contributed by atoms with Crippen molar-refractivity contribution in [1.82, 2.24) is 4.98 Å². The summed E-state index contributed by atoms with van der Waals surface area (Å²) in [5.74, 6) is -1.67. The van der Waals surface area contributed by atoms with Gasteiger partial charge in [-0.1, -0.05) is 0 Å². The van der Waals surface area contributed by atoms with Crippen LogP contribution in [-0.4, -0.2) is 30.1 Å². The fourth-order valence-electron chi connectivity index (χ4n) is 1.22. The lowest BCUT2D eigenvalue weighted by Gasteiger charge is -2.07. The number of carbonyl (C=O) groups excluding carboxylic acids is 1. The van der Waals surface area contributed by atoms with Crippen LogP contribution >= 0.6 is 0 Å². The predicted octanol–water partition coefficient (Wildman–Crippen LogP) is 1.72. The molecule has 0 aliphatic rings. The van der Waals surface area contributed by atoms with Crippen molar-refractivity contribution in [2.45, 2.75) is 6.43 Å². The van der Waals surface area contributed by atoms with E-state index in [2.05, 4.69) is 14.5 Å². The molecule has 0 radical (unpaired) electrons. The Labute approximate surface area is 99.5 Å². The third kappa shape index (κ3) is 2.50. The van der Waals surface area contributed by atoms with E-state index in [-0.39, 0.29) is 0 Å².